The summed E-state index contributed by atoms with van der Waals surface area (Å²) >= 11 is 0. The summed E-state index contributed by atoms with van der Waals surface area (Å²) in [6, 6.07) is 1.62. The van der Waals surface area contributed by atoms with E-state index in [2.05, 4.69) is 5.32 Å². The van der Waals surface area contributed by atoms with Crippen LogP contribution >= 0.6 is 0 Å². The van der Waals surface area contributed by atoms with Crippen molar-refractivity contribution in [2.45, 2.75) is 78.4 Å². The van der Waals surface area contributed by atoms with E-state index in [9.17, 15) is 41.0 Å². The minimum Gasteiger partial charge on any atom is -0.477 e. The standard InChI is InChI=1S/C30H36F6N2O4Si/c1-28(2,3)25(15-42-43(7,8)29(4,5)6)38-14-19(27(40)41)26(39)17-11-23(20(12-24(17)38)30(34,35)36)37-13-18-21(32)9-16(31)10-22(18)33/h9-12,14,25,37H,13,15H2,1-8H3,(H,40,41). The SMILES string of the molecule is CC(C)(C)C(CO[Si](C)(C)C(C)(C)C)n1cc(C(=O)O)c(=O)c2cc(NCc3c(F)cc(F)cc3F)c(C(F)(F)F)cc21. The lowest BCUT2D eigenvalue weighted by Crippen LogP contribution is -2.43. The molecule has 0 amide bonds. The van der Waals surface area contributed by atoms with Gasteiger partial charge < -0.3 is 19.4 Å². The molecule has 1 unspecified atom stereocenters. The second-order valence-electron chi connectivity index (χ2n) is 13.2. The Hall–Kier alpha value is -3.32. The lowest BCUT2D eigenvalue weighted by molar-refractivity contribution is -0.136. The van der Waals surface area contributed by atoms with Crippen LogP contribution in [-0.2, 0) is 17.1 Å². The Kier molecular flexibility index (Phi) is 9.25. The van der Waals surface area contributed by atoms with Crippen LogP contribution in [0.5, 0.6) is 0 Å². The third kappa shape index (κ3) is 7.26. The number of aromatic carboxylic acids is 1. The van der Waals surface area contributed by atoms with E-state index in [0.29, 0.717) is 18.2 Å². The van der Waals surface area contributed by atoms with Gasteiger partial charge in [-0.3, -0.25) is 4.79 Å². The summed E-state index contributed by atoms with van der Waals surface area (Å²) in [6.45, 7) is 14.8. The fraction of sp³-hybridized carbons (Fsp3) is 0.467. The average molecular weight is 631 g/mol. The predicted molar refractivity (Wildman–Crippen MR) is 155 cm³/mol. The first-order chi connectivity index (χ1) is 19.5. The lowest BCUT2D eigenvalue weighted by Gasteiger charge is -2.40. The Morgan fingerprint density at radius 3 is 2.02 bits per heavy atom. The van der Waals surface area contributed by atoms with E-state index < -0.39 is 83.7 Å². The third-order valence-electron chi connectivity index (χ3n) is 8.01. The van der Waals surface area contributed by atoms with Gasteiger partial charge in [0.25, 0.3) is 0 Å². The van der Waals surface area contributed by atoms with Crippen molar-refractivity contribution in [2.75, 3.05) is 11.9 Å². The molecule has 1 heterocycles. The Labute approximate surface area is 246 Å². The number of carboxylic acids is 1. The predicted octanol–water partition coefficient (Wildman–Crippen LogP) is 8.36. The molecule has 0 saturated heterocycles. The summed E-state index contributed by atoms with van der Waals surface area (Å²) in [7, 11) is -2.36. The molecule has 1 aromatic heterocycles. The molecular formula is C30H36F6N2O4Si. The van der Waals surface area contributed by atoms with Crippen molar-refractivity contribution in [1.82, 2.24) is 4.57 Å². The maximum Gasteiger partial charge on any atom is 0.418 e. The number of pyridine rings is 1. The number of rotatable bonds is 8. The minimum absolute atomic E-state index is 0.0293. The molecule has 1 atom stereocenters. The molecule has 0 spiro atoms. The molecule has 6 nitrogen and oxygen atoms in total. The number of anilines is 1. The number of nitrogens with one attached hydrogen (secondary N) is 1. The van der Waals surface area contributed by atoms with Crippen LogP contribution in [0.2, 0.25) is 18.1 Å². The minimum atomic E-state index is -4.99. The maximum atomic E-state index is 14.4. The van der Waals surface area contributed by atoms with Crippen LogP contribution in [0.15, 0.2) is 35.3 Å². The fourth-order valence-corrected chi connectivity index (χ4v) is 5.37. The van der Waals surface area contributed by atoms with E-state index in [4.69, 9.17) is 4.43 Å². The van der Waals surface area contributed by atoms with E-state index in [1.165, 1.54) is 4.57 Å². The molecule has 43 heavy (non-hydrogen) atoms. The molecule has 0 saturated carbocycles. The van der Waals surface area contributed by atoms with Crippen molar-refractivity contribution in [3.63, 3.8) is 0 Å². The number of benzene rings is 2. The van der Waals surface area contributed by atoms with Gasteiger partial charge in [0.05, 0.1) is 23.7 Å². The second kappa shape index (κ2) is 11.6. The van der Waals surface area contributed by atoms with Gasteiger partial charge in [-0.15, -0.1) is 0 Å². The van der Waals surface area contributed by atoms with Gasteiger partial charge in [0.1, 0.15) is 23.0 Å². The average Bonchev–Trinajstić information content (AvgIpc) is 2.82. The van der Waals surface area contributed by atoms with E-state index in [-0.39, 0.29) is 22.5 Å². The van der Waals surface area contributed by atoms with Crippen LogP contribution in [0, 0.1) is 22.9 Å². The van der Waals surface area contributed by atoms with E-state index in [1.807, 2.05) is 54.6 Å². The summed E-state index contributed by atoms with van der Waals surface area (Å²) in [6.07, 6.45) is -3.95. The smallest absolute Gasteiger partial charge is 0.418 e. The highest BCUT2D eigenvalue weighted by molar-refractivity contribution is 6.74. The molecule has 3 rings (SSSR count). The van der Waals surface area contributed by atoms with Crippen molar-refractivity contribution in [3.8, 4) is 0 Å². The highest BCUT2D eigenvalue weighted by Crippen LogP contribution is 2.42. The first kappa shape index (κ1) is 34.2. The van der Waals surface area contributed by atoms with Gasteiger partial charge in [0.15, 0.2) is 8.32 Å². The number of hydrogen-bond donors (Lipinski definition) is 2. The summed E-state index contributed by atoms with van der Waals surface area (Å²) in [5, 5.41) is 11.6. The highest BCUT2D eigenvalue weighted by atomic mass is 28.4. The quantitative estimate of drug-likeness (QED) is 0.193. The van der Waals surface area contributed by atoms with E-state index in [0.717, 1.165) is 12.3 Å². The molecule has 13 heteroatoms. The third-order valence-corrected chi connectivity index (χ3v) is 12.5. The van der Waals surface area contributed by atoms with Crippen LogP contribution in [0.4, 0.5) is 32.0 Å². The zero-order chi connectivity index (χ0) is 32.9. The van der Waals surface area contributed by atoms with Gasteiger partial charge in [-0.2, -0.15) is 13.2 Å². The van der Waals surface area contributed by atoms with Gasteiger partial charge in [0, 0.05) is 41.5 Å². The molecule has 0 bridgehead atoms. The van der Waals surface area contributed by atoms with Crippen molar-refractivity contribution in [2.24, 2.45) is 5.41 Å². The molecular weight excluding hydrogens is 594 g/mol. The van der Waals surface area contributed by atoms with Gasteiger partial charge >= 0.3 is 12.1 Å². The number of hydrogen-bond acceptors (Lipinski definition) is 4. The van der Waals surface area contributed by atoms with Gasteiger partial charge in [-0.05, 0) is 35.7 Å². The van der Waals surface area contributed by atoms with Gasteiger partial charge in [-0.1, -0.05) is 41.5 Å². The number of aromatic nitrogens is 1. The number of carbonyl (C=O) groups is 1. The second-order valence-corrected chi connectivity index (χ2v) is 18.0. The van der Waals surface area contributed by atoms with Crippen LogP contribution in [0.3, 0.4) is 0 Å². The van der Waals surface area contributed by atoms with Crippen molar-refractivity contribution in [3.05, 3.63) is 74.8 Å². The molecule has 3 aromatic rings. The van der Waals surface area contributed by atoms with Crippen molar-refractivity contribution in [1.29, 1.82) is 0 Å². The Bertz CT molecular complexity index is 1580. The number of carboxylic acid groups (broad SMARTS) is 1. The fourth-order valence-electron chi connectivity index (χ4n) is 4.36. The first-order valence-electron chi connectivity index (χ1n) is 13.5. The Balaban J connectivity index is 2.30. The molecule has 2 N–H and O–H groups in total. The van der Waals surface area contributed by atoms with Crippen molar-refractivity contribution >= 4 is 30.9 Å². The van der Waals surface area contributed by atoms with Crippen molar-refractivity contribution < 1.29 is 40.7 Å². The molecule has 236 valence electrons. The normalized spacial score (nSPS) is 13.8. The summed E-state index contributed by atoms with van der Waals surface area (Å²) in [5.41, 5.74) is -5.25. The largest absolute Gasteiger partial charge is 0.477 e. The number of fused-ring (bicyclic) bond motifs is 1. The molecule has 0 radical (unpaired) electrons. The van der Waals surface area contributed by atoms with E-state index in [1.54, 1.807) is 0 Å². The Morgan fingerprint density at radius 1 is 1.00 bits per heavy atom. The van der Waals surface area contributed by atoms with E-state index >= 15 is 0 Å². The number of alkyl halides is 3. The molecule has 2 aromatic carbocycles. The van der Waals surface area contributed by atoms with Crippen LogP contribution < -0.4 is 10.7 Å². The zero-order valence-corrected chi connectivity index (χ0v) is 26.3. The molecule has 0 aliphatic carbocycles. The molecule has 0 fully saturated rings. The van der Waals surface area contributed by atoms with Gasteiger partial charge in [-0.25, -0.2) is 18.0 Å². The summed E-state index contributed by atoms with van der Waals surface area (Å²) in [4.78, 5) is 25.4. The monoisotopic (exact) mass is 630 g/mol. The van der Waals surface area contributed by atoms with Crippen LogP contribution in [0.1, 0.15) is 69.1 Å². The van der Waals surface area contributed by atoms with Gasteiger partial charge in [0.2, 0.25) is 5.43 Å². The topological polar surface area (TPSA) is 80.6 Å². The summed E-state index contributed by atoms with van der Waals surface area (Å²) < 4.78 is 92.7. The number of nitrogens with zero attached hydrogens (tertiary/aromatic N) is 1. The van der Waals surface area contributed by atoms with Crippen LogP contribution in [-0.4, -0.2) is 30.6 Å². The molecule has 0 aliphatic rings. The zero-order valence-electron chi connectivity index (χ0n) is 25.3. The lowest BCUT2D eigenvalue weighted by atomic mass is 9.86. The van der Waals surface area contributed by atoms with Crippen LogP contribution in [0.25, 0.3) is 10.9 Å². The number of halogens is 6. The Morgan fingerprint density at radius 2 is 1.56 bits per heavy atom. The summed E-state index contributed by atoms with van der Waals surface area (Å²) in [5.74, 6) is -5.41. The maximum absolute atomic E-state index is 14.4. The first-order valence-corrected chi connectivity index (χ1v) is 16.4. The molecule has 0 aliphatic heterocycles. The highest BCUT2D eigenvalue weighted by Gasteiger charge is 2.40.